The summed E-state index contributed by atoms with van der Waals surface area (Å²) in [6, 6.07) is 6.57. The Labute approximate surface area is 145 Å². The number of hydrogen-bond acceptors (Lipinski definition) is 4. The maximum Gasteiger partial charge on any atom is 0.276 e. The zero-order valence-corrected chi connectivity index (χ0v) is 14.0. The van der Waals surface area contributed by atoms with Crippen LogP contribution in [0.1, 0.15) is 25.7 Å². The van der Waals surface area contributed by atoms with E-state index in [1.54, 1.807) is 24.3 Å². The third-order valence-electron chi connectivity index (χ3n) is 3.53. The normalized spacial score (nSPS) is 14.7. The fraction of sp³-hybridized carbons (Fsp3) is 0.438. The first kappa shape index (κ1) is 18.1. The van der Waals surface area contributed by atoms with Crippen LogP contribution in [0, 0.1) is 0 Å². The maximum atomic E-state index is 11.8. The minimum Gasteiger partial charge on any atom is -0.484 e. The molecule has 24 heavy (non-hydrogen) atoms. The molecule has 1 saturated heterocycles. The zero-order chi connectivity index (χ0) is 17.4. The van der Waals surface area contributed by atoms with Gasteiger partial charge in [0.25, 0.3) is 11.8 Å². The molecule has 3 amide bonds. The minimum atomic E-state index is -0.500. The summed E-state index contributed by atoms with van der Waals surface area (Å²) >= 11 is 5.75. The summed E-state index contributed by atoms with van der Waals surface area (Å²) < 4.78 is 5.25. The highest BCUT2D eigenvalue weighted by molar-refractivity contribution is 6.30. The summed E-state index contributed by atoms with van der Waals surface area (Å²) in [6.45, 7) is 0.265. The smallest absolute Gasteiger partial charge is 0.276 e. The number of likely N-dealkylation sites (tertiary alicyclic amines) is 1. The van der Waals surface area contributed by atoms with Gasteiger partial charge < -0.3 is 9.64 Å². The molecule has 1 heterocycles. The molecule has 0 aromatic heterocycles. The summed E-state index contributed by atoms with van der Waals surface area (Å²) in [5, 5.41) is 0.571. The lowest BCUT2D eigenvalue weighted by molar-refractivity contribution is -0.136. The van der Waals surface area contributed by atoms with E-state index in [4.69, 9.17) is 16.3 Å². The Morgan fingerprint density at radius 2 is 1.79 bits per heavy atom. The van der Waals surface area contributed by atoms with Gasteiger partial charge in [0.05, 0.1) is 0 Å². The molecule has 0 spiro atoms. The number of nitrogens with zero attached hydrogens (tertiary/aromatic N) is 1. The monoisotopic (exact) mass is 353 g/mol. The standard InChI is InChI=1S/C16H20ClN3O4/c17-12-5-7-13(8-6-12)24-11-15(22)19-18-14(21)10-20-9-3-1-2-4-16(20)23/h5-8H,1-4,9-11H2,(H,18,21)(H,19,22). The molecule has 7 nitrogen and oxygen atoms in total. The van der Waals surface area contributed by atoms with Gasteiger partial charge >= 0.3 is 0 Å². The number of ether oxygens (including phenoxy) is 1. The van der Waals surface area contributed by atoms with Crippen molar-refractivity contribution in [2.45, 2.75) is 25.7 Å². The van der Waals surface area contributed by atoms with Gasteiger partial charge in [-0.05, 0) is 37.1 Å². The van der Waals surface area contributed by atoms with E-state index in [1.807, 2.05) is 0 Å². The van der Waals surface area contributed by atoms with Crippen LogP contribution in [0.25, 0.3) is 0 Å². The van der Waals surface area contributed by atoms with E-state index in [9.17, 15) is 14.4 Å². The Hall–Kier alpha value is -2.28. The molecule has 1 fully saturated rings. The fourth-order valence-electron chi connectivity index (χ4n) is 2.27. The van der Waals surface area contributed by atoms with Gasteiger partial charge in [-0.3, -0.25) is 25.2 Å². The average Bonchev–Trinajstić information content (AvgIpc) is 2.77. The lowest BCUT2D eigenvalue weighted by Crippen LogP contribution is -2.48. The van der Waals surface area contributed by atoms with E-state index in [1.165, 1.54) is 4.90 Å². The number of carbonyl (C=O) groups is 3. The van der Waals surface area contributed by atoms with Crippen molar-refractivity contribution in [2.24, 2.45) is 0 Å². The zero-order valence-electron chi connectivity index (χ0n) is 13.2. The fourth-order valence-corrected chi connectivity index (χ4v) is 2.40. The predicted octanol–water partition coefficient (Wildman–Crippen LogP) is 1.27. The highest BCUT2D eigenvalue weighted by atomic mass is 35.5. The van der Waals surface area contributed by atoms with E-state index < -0.39 is 11.8 Å². The topological polar surface area (TPSA) is 87.7 Å². The molecule has 1 aromatic carbocycles. The quantitative estimate of drug-likeness (QED) is 0.780. The predicted molar refractivity (Wildman–Crippen MR) is 88.3 cm³/mol. The number of nitrogens with one attached hydrogen (secondary N) is 2. The van der Waals surface area contributed by atoms with Gasteiger partial charge in [-0.1, -0.05) is 18.0 Å². The Bertz CT molecular complexity index is 591. The molecule has 1 aliphatic rings. The van der Waals surface area contributed by atoms with Crippen LogP contribution in [0.3, 0.4) is 0 Å². The third-order valence-corrected chi connectivity index (χ3v) is 3.78. The lowest BCUT2D eigenvalue weighted by atomic mass is 10.2. The lowest BCUT2D eigenvalue weighted by Gasteiger charge is -2.19. The van der Waals surface area contributed by atoms with Gasteiger partial charge in [0.2, 0.25) is 5.91 Å². The van der Waals surface area contributed by atoms with Crippen molar-refractivity contribution in [2.75, 3.05) is 19.7 Å². The van der Waals surface area contributed by atoms with Crippen LogP contribution in [-0.2, 0) is 14.4 Å². The van der Waals surface area contributed by atoms with Crippen LogP contribution in [0.15, 0.2) is 24.3 Å². The van der Waals surface area contributed by atoms with E-state index in [-0.39, 0.29) is 19.1 Å². The Balaban J connectivity index is 1.67. The van der Waals surface area contributed by atoms with Crippen molar-refractivity contribution in [3.05, 3.63) is 29.3 Å². The summed E-state index contributed by atoms with van der Waals surface area (Å²) in [5.74, 6) is -0.471. The number of carbonyl (C=O) groups excluding carboxylic acids is 3. The van der Waals surface area contributed by atoms with E-state index in [2.05, 4.69) is 10.9 Å². The van der Waals surface area contributed by atoms with Crippen molar-refractivity contribution >= 4 is 29.3 Å². The van der Waals surface area contributed by atoms with Gasteiger partial charge in [-0.25, -0.2) is 0 Å². The molecule has 0 bridgehead atoms. The molecule has 130 valence electrons. The van der Waals surface area contributed by atoms with Gasteiger partial charge in [-0.15, -0.1) is 0 Å². The number of rotatable bonds is 5. The second-order valence-corrected chi connectivity index (χ2v) is 5.90. The second kappa shape index (κ2) is 9.12. The van der Waals surface area contributed by atoms with Crippen LogP contribution >= 0.6 is 11.6 Å². The Kier molecular flexibility index (Phi) is 6.87. The summed E-state index contributed by atoms with van der Waals surface area (Å²) in [5.41, 5.74) is 4.54. The van der Waals surface area contributed by atoms with Crippen molar-refractivity contribution in [1.82, 2.24) is 15.8 Å². The van der Waals surface area contributed by atoms with Gasteiger partial charge in [0.15, 0.2) is 6.61 Å². The first-order valence-electron chi connectivity index (χ1n) is 7.78. The molecule has 2 N–H and O–H groups in total. The Morgan fingerprint density at radius 3 is 2.54 bits per heavy atom. The molecule has 0 radical (unpaired) electrons. The highest BCUT2D eigenvalue weighted by Gasteiger charge is 2.19. The van der Waals surface area contributed by atoms with Crippen LogP contribution in [0.2, 0.25) is 5.02 Å². The molecule has 0 atom stereocenters. The van der Waals surface area contributed by atoms with Gasteiger partial charge in [-0.2, -0.15) is 0 Å². The number of amides is 3. The van der Waals surface area contributed by atoms with E-state index in [0.29, 0.717) is 23.7 Å². The van der Waals surface area contributed by atoms with Gasteiger partial charge in [0, 0.05) is 18.0 Å². The van der Waals surface area contributed by atoms with Crippen molar-refractivity contribution in [3.8, 4) is 5.75 Å². The van der Waals surface area contributed by atoms with Crippen molar-refractivity contribution < 1.29 is 19.1 Å². The van der Waals surface area contributed by atoms with Crippen molar-refractivity contribution in [1.29, 1.82) is 0 Å². The second-order valence-electron chi connectivity index (χ2n) is 5.46. The number of halogens is 1. The molecular formula is C16H20ClN3O4. The first-order chi connectivity index (χ1) is 11.5. The minimum absolute atomic E-state index is 0.0277. The van der Waals surface area contributed by atoms with E-state index >= 15 is 0 Å². The SMILES string of the molecule is O=C(COc1ccc(Cl)cc1)NNC(=O)CN1CCCCCC1=O. The molecule has 0 aliphatic carbocycles. The number of hydrogen-bond donors (Lipinski definition) is 2. The average molecular weight is 354 g/mol. The number of benzene rings is 1. The van der Waals surface area contributed by atoms with E-state index in [0.717, 1.165) is 19.3 Å². The molecule has 2 rings (SSSR count). The first-order valence-corrected chi connectivity index (χ1v) is 8.16. The summed E-state index contributed by atoms with van der Waals surface area (Å²) in [7, 11) is 0. The third kappa shape index (κ3) is 6.08. The largest absolute Gasteiger partial charge is 0.484 e. The van der Waals surface area contributed by atoms with Crippen molar-refractivity contribution in [3.63, 3.8) is 0 Å². The summed E-state index contributed by atoms with van der Waals surface area (Å²) in [4.78, 5) is 36.8. The Morgan fingerprint density at radius 1 is 1.08 bits per heavy atom. The van der Waals surface area contributed by atoms with Crippen LogP contribution < -0.4 is 15.6 Å². The maximum absolute atomic E-state index is 11.8. The molecule has 0 saturated carbocycles. The molecule has 1 aliphatic heterocycles. The number of hydrazine groups is 1. The molecular weight excluding hydrogens is 334 g/mol. The molecule has 8 heteroatoms. The van der Waals surface area contributed by atoms with Crippen LogP contribution in [0.5, 0.6) is 5.75 Å². The van der Waals surface area contributed by atoms with Crippen LogP contribution in [-0.4, -0.2) is 42.3 Å². The molecule has 0 unspecified atom stereocenters. The van der Waals surface area contributed by atoms with Crippen LogP contribution in [0.4, 0.5) is 0 Å². The molecule has 1 aromatic rings. The highest BCUT2D eigenvalue weighted by Crippen LogP contribution is 2.15. The van der Waals surface area contributed by atoms with Gasteiger partial charge in [0.1, 0.15) is 12.3 Å². The summed E-state index contributed by atoms with van der Waals surface area (Å²) in [6.07, 6.45) is 3.20.